The first-order chi connectivity index (χ1) is 8.63. The van der Waals surface area contributed by atoms with E-state index in [9.17, 15) is 4.79 Å². The molecule has 0 saturated carbocycles. The minimum Gasteiger partial charge on any atom is -0.385 e. The van der Waals surface area contributed by atoms with Gasteiger partial charge in [-0.25, -0.2) is 0 Å². The van der Waals surface area contributed by atoms with E-state index in [4.69, 9.17) is 27.9 Å². The second-order valence-corrected chi connectivity index (χ2v) is 4.48. The highest BCUT2D eigenvalue weighted by Crippen LogP contribution is 2.21. The highest BCUT2D eigenvalue weighted by molar-refractivity contribution is 6.34. The Bertz CT molecular complexity index is 433. The summed E-state index contributed by atoms with van der Waals surface area (Å²) in [7, 11) is 1.63. The monoisotopic (exact) mass is 287 g/mol. The Hall–Kier alpha value is -1.03. The van der Waals surface area contributed by atoms with E-state index in [-0.39, 0.29) is 5.91 Å². The Morgan fingerprint density at radius 2 is 2.22 bits per heavy atom. The molecule has 98 valence electrons. The maximum absolute atomic E-state index is 11.5. The Morgan fingerprint density at radius 1 is 1.44 bits per heavy atom. The van der Waals surface area contributed by atoms with Crippen molar-refractivity contribution in [2.45, 2.75) is 6.42 Å². The normalized spacial score (nSPS) is 10.8. The number of amides is 1. The summed E-state index contributed by atoms with van der Waals surface area (Å²) in [6, 6.07) is 5.10. The smallest absolute Gasteiger partial charge is 0.244 e. The maximum atomic E-state index is 11.5. The van der Waals surface area contributed by atoms with Gasteiger partial charge >= 0.3 is 0 Å². The summed E-state index contributed by atoms with van der Waals surface area (Å²) < 4.78 is 4.88. The molecule has 0 radical (unpaired) electrons. The maximum Gasteiger partial charge on any atom is 0.244 e. The van der Waals surface area contributed by atoms with Gasteiger partial charge in [-0.3, -0.25) is 4.79 Å². The van der Waals surface area contributed by atoms with Gasteiger partial charge in [0.2, 0.25) is 5.91 Å². The third kappa shape index (κ3) is 5.54. The van der Waals surface area contributed by atoms with Gasteiger partial charge in [-0.15, -0.1) is 0 Å². The standard InChI is InChI=1S/C13H15Cl2NO2/c1-18-8-2-7-16-13(17)6-3-10-9-11(14)4-5-12(10)15/h3-6,9H,2,7-8H2,1H3,(H,16,17)/b6-3+. The van der Waals surface area contributed by atoms with Crippen molar-refractivity contribution < 1.29 is 9.53 Å². The SMILES string of the molecule is COCCCNC(=O)/C=C/c1cc(Cl)ccc1Cl. The van der Waals surface area contributed by atoms with E-state index >= 15 is 0 Å². The molecular weight excluding hydrogens is 273 g/mol. The summed E-state index contributed by atoms with van der Waals surface area (Å²) in [5, 5.41) is 3.88. The lowest BCUT2D eigenvalue weighted by Crippen LogP contribution is -2.22. The van der Waals surface area contributed by atoms with Crippen LogP contribution in [0.15, 0.2) is 24.3 Å². The highest BCUT2D eigenvalue weighted by atomic mass is 35.5. The minimum atomic E-state index is -0.165. The van der Waals surface area contributed by atoms with E-state index in [1.165, 1.54) is 6.08 Å². The second kappa shape index (κ2) is 8.14. The average molecular weight is 288 g/mol. The molecule has 0 spiro atoms. The molecule has 0 fully saturated rings. The fraction of sp³-hybridized carbons (Fsp3) is 0.308. The number of benzene rings is 1. The zero-order chi connectivity index (χ0) is 13.4. The summed E-state index contributed by atoms with van der Waals surface area (Å²) in [5.74, 6) is -0.165. The second-order valence-electron chi connectivity index (χ2n) is 3.64. The Labute approximate surface area is 117 Å². The number of hydrogen-bond donors (Lipinski definition) is 1. The molecule has 1 aromatic rings. The Balaban J connectivity index is 2.48. The number of ether oxygens (including phenoxy) is 1. The van der Waals surface area contributed by atoms with Crippen LogP contribution in [0.5, 0.6) is 0 Å². The predicted molar refractivity (Wildman–Crippen MR) is 75.0 cm³/mol. The van der Waals surface area contributed by atoms with E-state index in [1.54, 1.807) is 31.4 Å². The van der Waals surface area contributed by atoms with E-state index in [2.05, 4.69) is 5.32 Å². The summed E-state index contributed by atoms with van der Waals surface area (Å²) in [6.07, 6.45) is 3.86. The van der Waals surface area contributed by atoms with Crippen molar-refractivity contribution in [3.63, 3.8) is 0 Å². The molecule has 0 unspecified atom stereocenters. The van der Waals surface area contributed by atoms with Gasteiger partial charge in [0, 0.05) is 36.4 Å². The molecule has 0 aliphatic rings. The lowest BCUT2D eigenvalue weighted by Gasteiger charge is -2.01. The molecule has 18 heavy (non-hydrogen) atoms. The third-order valence-electron chi connectivity index (χ3n) is 2.20. The van der Waals surface area contributed by atoms with Gasteiger partial charge in [0.1, 0.15) is 0 Å². The fourth-order valence-corrected chi connectivity index (χ4v) is 1.66. The van der Waals surface area contributed by atoms with Gasteiger partial charge in [0.15, 0.2) is 0 Å². The zero-order valence-corrected chi connectivity index (χ0v) is 11.6. The Kier molecular flexibility index (Phi) is 6.80. The van der Waals surface area contributed by atoms with E-state index in [1.807, 2.05) is 0 Å². The number of carbonyl (C=O) groups is 1. The Morgan fingerprint density at radius 3 is 2.94 bits per heavy atom. The minimum absolute atomic E-state index is 0.165. The topological polar surface area (TPSA) is 38.3 Å². The molecule has 0 aliphatic heterocycles. The third-order valence-corrected chi connectivity index (χ3v) is 2.78. The number of halogens is 2. The molecule has 0 bridgehead atoms. The summed E-state index contributed by atoms with van der Waals surface area (Å²) in [6.45, 7) is 1.21. The predicted octanol–water partition coefficient (Wildman–Crippen LogP) is 3.16. The number of rotatable bonds is 6. The number of methoxy groups -OCH3 is 1. The highest BCUT2D eigenvalue weighted by Gasteiger charge is 1.99. The quantitative estimate of drug-likeness (QED) is 0.645. The van der Waals surface area contributed by atoms with Crippen LogP contribution in [0.2, 0.25) is 10.0 Å². The van der Waals surface area contributed by atoms with E-state index in [0.29, 0.717) is 23.2 Å². The first-order valence-corrected chi connectivity index (χ1v) is 6.29. The number of hydrogen-bond acceptors (Lipinski definition) is 2. The van der Waals surface area contributed by atoms with Crippen molar-refractivity contribution in [3.05, 3.63) is 39.9 Å². The van der Waals surface area contributed by atoms with Crippen molar-refractivity contribution in [1.29, 1.82) is 0 Å². The van der Waals surface area contributed by atoms with Crippen molar-refractivity contribution in [2.75, 3.05) is 20.3 Å². The van der Waals surface area contributed by atoms with Crippen LogP contribution in [-0.2, 0) is 9.53 Å². The fourth-order valence-electron chi connectivity index (χ4n) is 1.29. The van der Waals surface area contributed by atoms with Gasteiger partial charge in [-0.1, -0.05) is 23.2 Å². The lowest BCUT2D eigenvalue weighted by atomic mass is 10.2. The average Bonchev–Trinajstić information content (AvgIpc) is 2.36. The lowest BCUT2D eigenvalue weighted by molar-refractivity contribution is -0.116. The van der Waals surface area contributed by atoms with Crippen LogP contribution >= 0.6 is 23.2 Å². The molecule has 0 saturated heterocycles. The van der Waals surface area contributed by atoms with Crippen molar-refractivity contribution in [2.24, 2.45) is 0 Å². The van der Waals surface area contributed by atoms with Crippen LogP contribution in [0.1, 0.15) is 12.0 Å². The summed E-state index contributed by atoms with van der Waals surface area (Å²) in [5.41, 5.74) is 0.719. The number of carbonyl (C=O) groups excluding carboxylic acids is 1. The van der Waals surface area contributed by atoms with Crippen LogP contribution in [0, 0.1) is 0 Å². The van der Waals surface area contributed by atoms with Gasteiger partial charge in [0.05, 0.1) is 0 Å². The van der Waals surface area contributed by atoms with Crippen LogP contribution in [-0.4, -0.2) is 26.2 Å². The van der Waals surface area contributed by atoms with E-state index in [0.717, 1.165) is 12.0 Å². The van der Waals surface area contributed by atoms with Crippen LogP contribution in [0.4, 0.5) is 0 Å². The van der Waals surface area contributed by atoms with Crippen LogP contribution in [0.3, 0.4) is 0 Å². The first kappa shape index (κ1) is 15.0. The van der Waals surface area contributed by atoms with Crippen molar-refractivity contribution in [3.8, 4) is 0 Å². The van der Waals surface area contributed by atoms with Crippen LogP contribution < -0.4 is 5.32 Å². The van der Waals surface area contributed by atoms with E-state index < -0.39 is 0 Å². The van der Waals surface area contributed by atoms with Gasteiger partial charge < -0.3 is 10.1 Å². The molecule has 5 heteroatoms. The zero-order valence-electron chi connectivity index (χ0n) is 10.1. The number of nitrogens with one attached hydrogen (secondary N) is 1. The molecule has 0 heterocycles. The first-order valence-electron chi connectivity index (χ1n) is 5.53. The molecule has 1 aromatic carbocycles. The van der Waals surface area contributed by atoms with Gasteiger partial charge in [-0.05, 0) is 36.3 Å². The van der Waals surface area contributed by atoms with Crippen molar-refractivity contribution >= 4 is 35.2 Å². The molecule has 0 aliphatic carbocycles. The molecule has 1 N–H and O–H groups in total. The molecule has 0 aromatic heterocycles. The molecule has 1 amide bonds. The van der Waals surface area contributed by atoms with Gasteiger partial charge in [-0.2, -0.15) is 0 Å². The summed E-state index contributed by atoms with van der Waals surface area (Å²) in [4.78, 5) is 11.5. The largest absolute Gasteiger partial charge is 0.385 e. The van der Waals surface area contributed by atoms with Crippen molar-refractivity contribution in [1.82, 2.24) is 5.32 Å². The van der Waals surface area contributed by atoms with Gasteiger partial charge in [0.25, 0.3) is 0 Å². The molecular formula is C13H15Cl2NO2. The van der Waals surface area contributed by atoms with Crippen LogP contribution in [0.25, 0.3) is 6.08 Å². The summed E-state index contributed by atoms with van der Waals surface area (Å²) >= 11 is 11.8. The molecule has 1 rings (SSSR count). The molecule has 0 atom stereocenters. The molecule has 3 nitrogen and oxygen atoms in total.